The summed E-state index contributed by atoms with van der Waals surface area (Å²) < 4.78 is 26.4. The van der Waals surface area contributed by atoms with E-state index in [-0.39, 0.29) is 37.7 Å². The van der Waals surface area contributed by atoms with Crippen LogP contribution in [0.15, 0.2) is 78.9 Å². The number of hydrogen-bond acceptors (Lipinski definition) is 4. The topological polar surface area (TPSA) is 86.8 Å². The molecule has 3 aromatic rings. The van der Waals surface area contributed by atoms with Crippen LogP contribution in [-0.4, -0.2) is 49.5 Å². The number of nitrogens with one attached hydrogen (secondary N) is 1. The maximum Gasteiger partial charge on any atom is 0.243 e. The Morgan fingerprint density at radius 3 is 2.15 bits per heavy atom. The van der Waals surface area contributed by atoms with Crippen molar-refractivity contribution in [3.05, 3.63) is 101 Å². The van der Waals surface area contributed by atoms with Crippen molar-refractivity contribution in [3.8, 4) is 0 Å². The molecule has 2 amide bonds. The number of sulfonamides is 1. The fourth-order valence-corrected chi connectivity index (χ4v) is 5.72. The highest BCUT2D eigenvalue weighted by Crippen LogP contribution is 2.22. The van der Waals surface area contributed by atoms with Gasteiger partial charge in [0.15, 0.2) is 0 Å². The Morgan fingerprint density at radius 2 is 1.56 bits per heavy atom. The molecule has 0 unspecified atom stereocenters. The number of anilines is 1. The number of carbonyl (C=O) groups excluding carboxylic acids is 2. The first-order valence-electron chi connectivity index (χ1n) is 13.7. The van der Waals surface area contributed by atoms with Crippen molar-refractivity contribution in [2.45, 2.75) is 65.1 Å². The first kappa shape index (κ1) is 32.2. The number of halogens is 1. The Hall–Kier alpha value is -3.36. The van der Waals surface area contributed by atoms with Gasteiger partial charge in [-0.25, -0.2) is 8.42 Å². The minimum atomic E-state index is -3.59. The van der Waals surface area contributed by atoms with Crippen molar-refractivity contribution in [2.24, 2.45) is 0 Å². The summed E-state index contributed by atoms with van der Waals surface area (Å²) >= 11 is 5.99. The van der Waals surface area contributed by atoms with Crippen LogP contribution in [0.1, 0.15) is 50.3 Å². The molecule has 0 aliphatic rings. The van der Waals surface area contributed by atoms with Crippen LogP contribution in [0.2, 0.25) is 5.02 Å². The molecular weight excluding hydrogens is 558 g/mol. The maximum atomic E-state index is 13.9. The lowest BCUT2D eigenvalue weighted by Gasteiger charge is -2.34. The second-order valence-corrected chi connectivity index (χ2v) is 13.7. The second kappa shape index (κ2) is 14.0. The molecule has 0 bridgehead atoms. The molecule has 0 aromatic heterocycles. The SMILES string of the molecule is Cc1cccc(CN(C(=O)CCCN(c2ccc(Cl)cc2)S(C)(=O)=O)[C@H](Cc2ccccc2)C(=O)NC(C)(C)C)c1. The molecule has 0 aliphatic heterocycles. The molecule has 0 radical (unpaired) electrons. The predicted octanol–water partition coefficient (Wildman–Crippen LogP) is 5.75. The Kier molecular flexibility index (Phi) is 11.0. The van der Waals surface area contributed by atoms with Crippen LogP contribution >= 0.6 is 11.6 Å². The van der Waals surface area contributed by atoms with Gasteiger partial charge in [0.25, 0.3) is 0 Å². The smallest absolute Gasteiger partial charge is 0.243 e. The molecule has 0 saturated carbocycles. The lowest BCUT2D eigenvalue weighted by molar-refractivity contribution is -0.142. The lowest BCUT2D eigenvalue weighted by Crippen LogP contribution is -2.54. The summed E-state index contributed by atoms with van der Waals surface area (Å²) in [5.41, 5.74) is 2.90. The van der Waals surface area contributed by atoms with E-state index in [9.17, 15) is 18.0 Å². The van der Waals surface area contributed by atoms with Gasteiger partial charge in [-0.15, -0.1) is 0 Å². The molecule has 0 heterocycles. The molecule has 3 aromatic carbocycles. The molecule has 3 rings (SSSR count). The summed E-state index contributed by atoms with van der Waals surface area (Å²) in [5.74, 6) is -0.456. The van der Waals surface area contributed by atoms with Gasteiger partial charge in [-0.2, -0.15) is 0 Å². The molecule has 0 spiro atoms. The Labute approximate surface area is 249 Å². The highest BCUT2D eigenvalue weighted by atomic mass is 35.5. The highest BCUT2D eigenvalue weighted by Gasteiger charge is 2.32. The first-order chi connectivity index (χ1) is 19.2. The normalized spacial score (nSPS) is 12.4. The van der Waals surface area contributed by atoms with E-state index in [2.05, 4.69) is 5.32 Å². The number of carbonyl (C=O) groups is 2. The molecule has 220 valence electrons. The summed E-state index contributed by atoms with van der Waals surface area (Å²) in [5, 5.41) is 3.56. The molecule has 7 nitrogen and oxygen atoms in total. The first-order valence-corrected chi connectivity index (χ1v) is 15.9. The zero-order chi connectivity index (χ0) is 30.2. The van der Waals surface area contributed by atoms with Gasteiger partial charge in [-0.05, 0) is 69.5 Å². The summed E-state index contributed by atoms with van der Waals surface area (Å²) in [6, 6.07) is 23.3. The molecule has 41 heavy (non-hydrogen) atoms. The second-order valence-electron chi connectivity index (χ2n) is 11.4. The lowest BCUT2D eigenvalue weighted by atomic mass is 10.00. The monoisotopic (exact) mass is 597 g/mol. The van der Waals surface area contributed by atoms with Crippen LogP contribution in [0.4, 0.5) is 5.69 Å². The van der Waals surface area contributed by atoms with Crippen LogP contribution < -0.4 is 9.62 Å². The van der Waals surface area contributed by atoms with E-state index in [1.54, 1.807) is 29.2 Å². The van der Waals surface area contributed by atoms with E-state index in [0.29, 0.717) is 17.1 Å². The Balaban J connectivity index is 1.90. The van der Waals surface area contributed by atoms with Crippen LogP contribution in [0.25, 0.3) is 0 Å². The van der Waals surface area contributed by atoms with E-state index in [1.165, 1.54) is 4.31 Å². The zero-order valence-electron chi connectivity index (χ0n) is 24.4. The van der Waals surface area contributed by atoms with Crippen molar-refractivity contribution >= 4 is 39.1 Å². The van der Waals surface area contributed by atoms with Gasteiger partial charge in [0, 0.05) is 36.5 Å². The molecule has 1 atom stereocenters. The van der Waals surface area contributed by atoms with Crippen LogP contribution in [-0.2, 0) is 32.6 Å². The third-order valence-corrected chi connectivity index (χ3v) is 7.92. The molecular formula is C32H40ClN3O4S. The van der Waals surface area contributed by atoms with Crippen molar-refractivity contribution < 1.29 is 18.0 Å². The summed E-state index contributed by atoms with van der Waals surface area (Å²) in [6.07, 6.45) is 1.83. The quantitative estimate of drug-likeness (QED) is 0.288. The maximum absolute atomic E-state index is 13.9. The van der Waals surface area contributed by atoms with Crippen LogP contribution in [0.5, 0.6) is 0 Å². The van der Waals surface area contributed by atoms with E-state index in [0.717, 1.165) is 22.9 Å². The number of nitrogens with zero attached hydrogens (tertiary/aromatic N) is 2. The number of benzene rings is 3. The van der Waals surface area contributed by atoms with Crippen molar-refractivity contribution in [2.75, 3.05) is 17.1 Å². The highest BCUT2D eigenvalue weighted by molar-refractivity contribution is 7.92. The minimum Gasteiger partial charge on any atom is -0.350 e. The minimum absolute atomic E-state index is 0.0690. The Morgan fingerprint density at radius 1 is 0.927 bits per heavy atom. The third-order valence-electron chi connectivity index (χ3n) is 6.47. The average Bonchev–Trinajstić information content (AvgIpc) is 2.88. The van der Waals surface area contributed by atoms with Crippen molar-refractivity contribution in [3.63, 3.8) is 0 Å². The predicted molar refractivity (Wildman–Crippen MR) is 166 cm³/mol. The molecule has 0 aliphatic carbocycles. The van der Waals surface area contributed by atoms with Crippen LogP contribution in [0.3, 0.4) is 0 Å². The van der Waals surface area contributed by atoms with Crippen LogP contribution in [0, 0.1) is 6.92 Å². The number of aryl methyl sites for hydroxylation is 1. The van der Waals surface area contributed by atoms with Crippen molar-refractivity contribution in [1.29, 1.82) is 0 Å². The summed E-state index contributed by atoms with van der Waals surface area (Å²) in [4.78, 5) is 29.2. The number of rotatable bonds is 12. The van der Waals surface area contributed by atoms with Gasteiger partial charge < -0.3 is 10.2 Å². The van der Waals surface area contributed by atoms with Gasteiger partial charge in [-0.3, -0.25) is 13.9 Å². The van der Waals surface area contributed by atoms with Gasteiger partial charge >= 0.3 is 0 Å². The standard InChI is InChI=1S/C32H40ClN3O4S/c1-24-11-9-14-26(21-24)23-35(29(31(38)34-32(2,3)4)22-25-12-7-6-8-13-25)30(37)15-10-20-36(41(5,39)40)28-18-16-27(33)17-19-28/h6-9,11-14,16-19,21,29H,10,15,20,22-23H2,1-5H3,(H,34,38)/t29-/m1/s1. The largest absolute Gasteiger partial charge is 0.350 e. The average molecular weight is 598 g/mol. The summed E-state index contributed by atoms with van der Waals surface area (Å²) in [6.45, 7) is 8.08. The number of amides is 2. The molecule has 1 N–H and O–H groups in total. The third kappa shape index (κ3) is 10.2. The van der Waals surface area contributed by atoms with E-state index < -0.39 is 21.6 Å². The van der Waals surface area contributed by atoms with E-state index in [4.69, 9.17) is 11.6 Å². The summed E-state index contributed by atoms with van der Waals surface area (Å²) in [7, 11) is -3.59. The van der Waals surface area contributed by atoms with E-state index >= 15 is 0 Å². The molecule has 0 saturated heterocycles. The fraction of sp³-hybridized carbons (Fsp3) is 0.375. The molecule has 0 fully saturated rings. The van der Waals surface area contributed by atoms with E-state index in [1.807, 2.05) is 82.3 Å². The van der Waals surface area contributed by atoms with Gasteiger partial charge in [0.2, 0.25) is 21.8 Å². The van der Waals surface area contributed by atoms with Gasteiger partial charge in [-0.1, -0.05) is 71.8 Å². The zero-order valence-corrected chi connectivity index (χ0v) is 26.0. The number of hydrogen-bond donors (Lipinski definition) is 1. The molecule has 9 heteroatoms. The van der Waals surface area contributed by atoms with Gasteiger partial charge in [0.05, 0.1) is 11.9 Å². The van der Waals surface area contributed by atoms with Crippen molar-refractivity contribution in [1.82, 2.24) is 10.2 Å². The Bertz CT molecular complexity index is 1420. The van der Waals surface area contributed by atoms with Gasteiger partial charge in [0.1, 0.15) is 6.04 Å². The fourth-order valence-electron chi connectivity index (χ4n) is 4.63.